The number of hydrogen-bond acceptors (Lipinski definition) is 4. The monoisotopic (exact) mass is 261 g/mol. The van der Waals surface area contributed by atoms with E-state index in [2.05, 4.69) is 0 Å². The predicted octanol–water partition coefficient (Wildman–Crippen LogP) is 1.45. The van der Waals surface area contributed by atoms with E-state index in [0.29, 0.717) is 28.9 Å². The Morgan fingerprint density at radius 3 is 2.63 bits per heavy atom. The van der Waals surface area contributed by atoms with Gasteiger partial charge in [-0.1, -0.05) is 0 Å². The topological polar surface area (TPSA) is 77.8 Å². The fourth-order valence-electron chi connectivity index (χ4n) is 2.28. The lowest BCUT2D eigenvalue weighted by molar-refractivity contribution is 0.0685. The summed E-state index contributed by atoms with van der Waals surface area (Å²) in [5.74, 6) is -0.0921. The van der Waals surface area contributed by atoms with E-state index in [4.69, 9.17) is 14.6 Å². The smallest absolute Gasteiger partial charge is 0.352 e. The fourth-order valence-corrected chi connectivity index (χ4v) is 2.28. The fraction of sp³-hybridized carbons (Fsp3) is 0.231. The molecule has 6 nitrogen and oxygen atoms in total. The number of hydrogen-bond donors (Lipinski definition) is 1. The molecular formula is C13H11NO5. The van der Waals surface area contributed by atoms with E-state index in [0.717, 1.165) is 6.07 Å². The van der Waals surface area contributed by atoms with Crippen LogP contribution in [0.3, 0.4) is 0 Å². The Morgan fingerprint density at radius 2 is 2.00 bits per heavy atom. The average Bonchev–Trinajstić information content (AvgIpc) is 2.83. The zero-order valence-electron chi connectivity index (χ0n) is 10.2. The third kappa shape index (κ3) is 1.64. The number of aromatic carboxylic acids is 1. The third-order valence-corrected chi connectivity index (χ3v) is 3.14. The quantitative estimate of drug-likeness (QED) is 0.885. The molecule has 1 aliphatic heterocycles. The van der Waals surface area contributed by atoms with E-state index in [1.165, 1.54) is 0 Å². The summed E-state index contributed by atoms with van der Waals surface area (Å²) in [6.45, 7) is 2.37. The van der Waals surface area contributed by atoms with E-state index in [9.17, 15) is 9.59 Å². The zero-order chi connectivity index (χ0) is 13.6. The van der Waals surface area contributed by atoms with Crippen LogP contribution in [0.1, 0.15) is 17.4 Å². The SMILES string of the molecule is CCn1c(C(=O)O)cc(=O)c2cc3c(cc21)OCO3. The highest BCUT2D eigenvalue weighted by Gasteiger charge is 2.19. The molecule has 0 aliphatic carbocycles. The second-order valence-electron chi connectivity index (χ2n) is 4.17. The van der Waals surface area contributed by atoms with Gasteiger partial charge < -0.3 is 19.1 Å². The molecule has 1 aromatic carbocycles. The average molecular weight is 261 g/mol. The second-order valence-corrected chi connectivity index (χ2v) is 4.17. The first-order valence-corrected chi connectivity index (χ1v) is 5.82. The third-order valence-electron chi connectivity index (χ3n) is 3.14. The van der Waals surface area contributed by atoms with Crippen molar-refractivity contribution in [2.45, 2.75) is 13.5 Å². The Kier molecular flexibility index (Phi) is 2.45. The molecule has 0 amide bonds. The molecule has 1 aliphatic rings. The van der Waals surface area contributed by atoms with Crippen LogP contribution in [0.2, 0.25) is 0 Å². The number of pyridine rings is 1. The van der Waals surface area contributed by atoms with Gasteiger partial charge in [0.2, 0.25) is 6.79 Å². The van der Waals surface area contributed by atoms with Crippen molar-refractivity contribution in [3.63, 3.8) is 0 Å². The first-order chi connectivity index (χ1) is 9.11. The maximum Gasteiger partial charge on any atom is 0.352 e. The van der Waals surface area contributed by atoms with E-state index < -0.39 is 5.97 Å². The maximum atomic E-state index is 12.0. The number of carboxylic acid groups (broad SMARTS) is 1. The highest BCUT2D eigenvalue weighted by molar-refractivity contribution is 5.91. The van der Waals surface area contributed by atoms with Crippen molar-refractivity contribution in [1.29, 1.82) is 0 Å². The molecule has 3 rings (SSSR count). The molecule has 0 unspecified atom stereocenters. The number of rotatable bonds is 2. The molecule has 19 heavy (non-hydrogen) atoms. The van der Waals surface area contributed by atoms with Crippen molar-refractivity contribution < 1.29 is 19.4 Å². The van der Waals surface area contributed by atoms with Crippen molar-refractivity contribution >= 4 is 16.9 Å². The molecule has 1 aromatic heterocycles. The molecule has 0 spiro atoms. The van der Waals surface area contributed by atoms with Crippen LogP contribution >= 0.6 is 0 Å². The standard InChI is InChI=1S/C13H11NO5/c1-2-14-8-5-12-11(18-6-19-12)3-7(8)10(15)4-9(14)13(16)17/h3-5H,2,6H2,1H3,(H,16,17). The van der Waals surface area contributed by atoms with Crippen molar-refractivity contribution in [2.24, 2.45) is 0 Å². The number of carboxylic acids is 1. The Morgan fingerprint density at radius 1 is 1.32 bits per heavy atom. The Hall–Kier alpha value is -2.50. The number of ether oxygens (including phenoxy) is 2. The molecule has 0 saturated carbocycles. The van der Waals surface area contributed by atoms with Crippen molar-refractivity contribution in [3.05, 3.63) is 34.1 Å². The number of nitrogens with zero attached hydrogens (tertiary/aromatic N) is 1. The zero-order valence-corrected chi connectivity index (χ0v) is 10.2. The van der Waals surface area contributed by atoms with E-state index >= 15 is 0 Å². The Balaban J connectivity index is 2.44. The minimum atomic E-state index is -1.13. The Bertz CT molecular complexity index is 747. The first kappa shape index (κ1) is 11.6. The number of benzene rings is 1. The van der Waals surface area contributed by atoms with Gasteiger partial charge in [0.1, 0.15) is 5.69 Å². The predicted molar refractivity (Wildman–Crippen MR) is 67.0 cm³/mol. The minimum absolute atomic E-state index is 0.0288. The van der Waals surface area contributed by atoms with Gasteiger partial charge >= 0.3 is 5.97 Å². The lowest BCUT2D eigenvalue weighted by Crippen LogP contribution is -2.17. The summed E-state index contributed by atoms with van der Waals surface area (Å²) in [4.78, 5) is 23.2. The number of carbonyl (C=O) groups is 1. The first-order valence-electron chi connectivity index (χ1n) is 5.82. The van der Waals surface area contributed by atoms with Gasteiger partial charge in [-0.15, -0.1) is 0 Å². The van der Waals surface area contributed by atoms with Crippen LogP contribution in [-0.4, -0.2) is 22.4 Å². The minimum Gasteiger partial charge on any atom is -0.477 e. The van der Waals surface area contributed by atoms with Crippen LogP contribution in [0.4, 0.5) is 0 Å². The molecule has 0 bridgehead atoms. The molecule has 0 atom stereocenters. The van der Waals surface area contributed by atoms with Crippen LogP contribution in [0.15, 0.2) is 23.0 Å². The van der Waals surface area contributed by atoms with Gasteiger partial charge in [-0.05, 0) is 13.0 Å². The van der Waals surface area contributed by atoms with Crippen molar-refractivity contribution in [2.75, 3.05) is 6.79 Å². The summed E-state index contributed by atoms with van der Waals surface area (Å²) in [6, 6.07) is 4.38. The molecule has 2 aromatic rings. The summed E-state index contributed by atoms with van der Waals surface area (Å²) in [5, 5.41) is 9.59. The molecule has 0 fully saturated rings. The van der Waals surface area contributed by atoms with Gasteiger partial charge in [0.25, 0.3) is 0 Å². The molecule has 0 radical (unpaired) electrons. The van der Waals surface area contributed by atoms with Gasteiger partial charge in [-0.3, -0.25) is 4.79 Å². The van der Waals surface area contributed by atoms with E-state index in [1.54, 1.807) is 16.7 Å². The highest BCUT2D eigenvalue weighted by Crippen LogP contribution is 2.35. The normalized spacial score (nSPS) is 12.9. The van der Waals surface area contributed by atoms with E-state index in [-0.39, 0.29) is 17.9 Å². The summed E-state index contributed by atoms with van der Waals surface area (Å²) in [7, 11) is 0. The highest BCUT2D eigenvalue weighted by atomic mass is 16.7. The van der Waals surface area contributed by atoms with Crippen molar-refractivity contribution in [1.82, 2.24) is 4.57 Å². The summed E-state index contributed by atoms with van der Waals surface area (Å²) < 4.78 is 12.1. The van der Waals surface area contributed by atoms with Gasteiger partial charge in [0, 0.05) is 24.1 Å². The van der Waals surface area contributed by atoms with Crippen LogP contribution in [0.25, 0.3) is 10.9 Å². The number of fused-ring (bicyclic) bond motifs is 2. The number of aromatic nitrogens is 1. The molecule has 0 saturated heterocycles. The summed E-state index contributed by atoms with van der Waals surface area (Å²) >= 11 is 0. The molecule has 1 N–H and O–H groups in total. The molecule has 6 heteroatoms. The lowest BCUT2D eigenvalue weighted by Gasteiger charge is -2.12. The van der Waals surface area contributed by atoms with Crippen LogP contribution in [0.5, 0.6) is 11.5 Å². The molecule has 98 valence electrons. The second kappa shape index (κ2) is 4.01. The van der Waals surface area contributed by atoms with E-state index in [1.807, 2.05) is 6.92 Å². The van der Waals surface area contributed by atoms with Crippen LogP contribution in [-0.2, 0) is 6.54 Å². The Labute approximate surface area is 107 Å². The lowest BCUT2D eigenvalue weighted by atomic mass is 10.1. The number of aryl methyl sites for hydroxylation is 1. The summed E-state index contributed by atoms with van der Waals surface area (Å²) in [6.07, 6.45) is 0. The molecule has 2 heterocycles. The van der Waals surface area contributed by atoms with Gasteiger partial charge in [-0.25, -0.2) is 4.79 Å². The summed E-state index contributed by atoms with van der Waals surface area (Å²) in [5.41, 5.74) is 0.172. The van der Waals surface area contributed by atoms with Crippen molar-refractivity contribution in [3.8, 4) is 11.5 Å². The maximum absolute atomic E-state index is 12.0. The van der Waals surface area contributed by atoms with Crippen LogP contribution < -0.4 is 14.9 Å². The van der Waals surface area contributed by atoms with Crippen LogP contribution in [0, 0.1) is 0 Å². The molecular weight excluding hydrogens is 250 g/mol. The van der Waals surface area contributed by atoms with Gasteiger partial charge in [0.15, 0.2) is 16.9 Å². The largest absolute Gasteiger partial charge is 0.477 e. The van der Waals surface area contributed by atoms with Gasteiger partial charge in [0.05, 0.1) is 5.52 Å². The van der Waals surface area contributed by atoms with Gasteiger partial charge in [-0.2, -0.15) is 0 Å².